The van der Waals surface area contributed by atoms with Crippen LogP contribution in [0.5, 0.6) is 0 Å². The third-order valence-electron chi connectivity index (χ3n) is 3.37. The number of carbonyl (C=O) groups excluding carboxylic acids is 1. The fourth-order valence-electron chi connectivity index (χ4n) is 1.93. The number of rotatable bonds is 5. The number of carbonyl (C=O) groups is 1. The molecule has 1 fully saturated rings. The summed E-state index contributed by atoms with van der Waals surface area (Å²) < 4.78 is 0. The van der Waals surface area contributed by atoms with E-state index in [0.717, 1.165) is 24.9 Å². The highest BCUT2D eigenvalue weighted by atomic mass is 16.3. The van der Waals surface area contributed by atoms with Gasteiger partial charge >= 0.3 is 0 Å². The first-order valence-corrected chi connectivity index (χ1v) is 6.34. The third-order valence-corrected chi connectivity index (χ3v) is 3.37. The SMILES string of the molecule is N#Cc1ccc(NCC(=O)NCC2(O)CCC2)cc1. The standard InChI is InChI=1S/C14H17N3O2/c15-8-11-2-4-12(5-3-11)16-9-13(18)17-10-14(19)6-1-7-14/h2-5,16,19H,1,6-7,9-10H2,(H,17,18). The van der Waals surface area contributed by atoms with Crippen molar-refractivity contribution in [1.29, 1.82) is 5.26 Å². The highest BCUT2D eigenvalue weighted by molar-refractivity contribution is 5.80. The van der Waals surface area contributed by atoms with E-state index in [0.29, 0.717) is 12.1 Å². The Balaban J connectivity index is 1.72. The molecule has 3 N–H and O–H groups in total. The van der Waals surface area contributed by atoms with Gasteiger partial charge in [-0.1, -0.05) is 0 Å². The summed E-state index contributed by atoms with van der Waals surface area (Å²) in [5.41, 5.74) is 0.683. The molecule has 5 nitrogen and oxygen atoms in total. The average Bonchev–Trinajstić information content (AvgIpc) is 2.41. The number of aliphatic hydroxyl groups is 1. The Morgan fingerprint density at radius 2 is 2.05 bits per heavy atom. The molecule has 1 amide bonds. The fraction of sp³-hybridized carbons (Fsp3) is 0.429. The zero-order chi connectivity index (χ0) is 13.7. The van der Waals surface area contributed by atoms with Crippen LogP contribution in [0.2, 0.25) is 0 Å². The Morgan fingerprint density at radius 1 is 1.37 bits per heavy atom. The van der Waals surface area contributed by atoms with Crippen LogP contribution in [-0.4, -0.2) is 29.7 Å². The van der Waals surface area contributed by atoms with E-state index in [1.165, 1.54) is 0 Å². The second kappa shape index (κ2) is 5.72. The van der Waals surface area contributed by atoms with E-state index in [1.54, 1.807) is 24.3 Å². The molecule has 0 bridgehead atoms. The van der Waals surface area contributed by atoms with Crippen LogP contribution in [0.1, 0.15) is 24.8 Å². The van der Waals surface area contributed by atoms with Crippen LogP contribution in [0.3, 0.4) is 0 Å². The summed E-state index contributed by atoms with van der Waals surface area (Å²) in [5.74, 6) is -0.148. The van der Waals surface area contributed by atoms with Gasteiger partial charge in [-0.25, -0.2) is 0 Å². The second-order valence-corrected chi connectivity index (χ2v) is 4.90. The molecule has 0 heterocycles. The van der Waals surface area contributed by atoms with Gasteiger partial charge in [-0.05, 0) is 43.5 Å². The second-order valence-electron chi connectivity index (χ2n) is 4.90. The Hall–Kier alpha value is -2.06. The molecule has 0 unspecified atom stereocenters. The summed E-state index contributed by atoms with van der Waals surface area (Å²) in [5, 5.41) is 24.2. The number of nitrogens with zero attached hydrogens (tertiary/aromatic N) is 1. The minimum Gasteiger partial charge on any atom is -0.388 e. The van der Waals surface area contributed by atoms with Crippen molar-refractivity contribution in [1.82, 2.24) is 5.32 Å². The van der Waals surface area contributed by atoms with Gasteiger partial charge < -0.3 is 15.7 Å². The molecule has 1 aliphatic carbocycles. The smallest absolute Gasteiger partial charge is 0.239 e. The summed E-state index contributed by atoms with van der Waals surface area (Å²) in [6.45, 7) is 0.475. The summed E-state index contributed by atoms with van der Waals surface area (Å²) in [7, 11) is 0. The van der Waals surface area contributed by atoms with Gasteiger partial charge in [0, 0.05) is 12.2 Å². The number of benzene rings is 1. The summed E-state index contributed by atoms with van der Waals surface area (Å²) in [4.78, 5) is 11.6. The number of anilines is 1. The van der Waals surface area contributed by atoms with Crippen molar-refractivity contribution in [2.75, 3.05) is 18.4 Å². The zero-order valence-corrected chi connectivity index (χ0v) is 10.6. The van der Waals surface area contributed by atoms with E-state index in [2.05, 4.69) is 10.6 Å². The quantitative estimate of drug-likeness (QED) is 0.736. The van der Waals surface area contributed by atoms with Crippen molar-refractivity contribution in [3.63, 3.8) is 0 Å². The maximum Gasteiger partial charge on any atom is 0.239 e. The van der Waals surface area contributed by atoms with Crippen LogP contribution < -0.4 is 10.6 Å². The van der Waals surface area contributed by atoms with Crippen molar-refractivity contribution in [2.45, 2.75) is 24.9 Å². The van der Waals surface area contributed by atoms with Crippen molar-refractivity contribution >= 4 is 11.6 Å². The molecule has 0 saturated heterocycles. The Labute approximate surface area is 112 Å². The molecule has 0 radical (unpaired) electrons. The number of nitrogens with one attached hydrogen (secondary N) is 2. The predicted octanol–water partition coefficient (Wildman–Crippen LogP) is 1.00. The first kappa shape index (κ1) is 13.4. The minimum absolute atomic E-state index is 0.148. The summed E-state index contributed by atoms with van der Waals surface area (Å²) >= 11 is 0. The van der Waals surface area contributed by atoms with Crippen molar-refractivity contribution < 1.29 is 9.90 Å². The monoisotopic (exact) mass is 259 g/mol. The predicted molar refractivity (Wildman–Crippen MR) is 71.5 cm³/mol. The molecule has 0 spiro atoms. The molecule has 1 aromatic carbocycles. The lowest BCUT2D eigenvalue weighted by molar-refractivity contribution is -0.121. The van der Waals surface area contributed by atoms with Gasteiger partial charge in [0.15, 0.2) is 0 Å². The molecule has 0 aromatic heterocycles. The van der Waals surface area contributed by atoms with E-state index in [1.807, 2.05) is 6.07 Å². The molecule has 2 rings (SSSR count). The van der Waals surface area contributed by atoms with Crippen LogP contribution in [0, 0.1) is 11.3 Å². The van der Waals surface area contributed by atoms with E-state index in [9.17, 15) is 9.90 Å². The van der Waals surface area contributed by atoms with Crippen molar-refractivity contribution in [3.8, 4) is 6.07 Å². The normalized spacial score (nSPS) is 16.0. The molecule has 1 aromatic rings. The molecule has 100 valence electrons. The molecule has 5 heteroatoms. The van der Waals surface area contributed by atoms with Gasteiger partial charge in [-0.2, -0.15) is 5.26 Å². The fourth-order valence-corrected chi connectivity index (χ4v) is 1.93. The van der Waals surface area contributed by atoms with Crippen LogP contribution in [0.25, 0.3) is 0 Å². The lowest BCUT2D eigenvalue weighted by Crippen LogP contribution is -2.48. The molecular formula is C14H17N3O2. The van der Waals surface area contributed by atoms with Gasteiger partial charge in [-0.15, -0.1) is 0 Å². The Kier molecular flexibility index (Phi) is 4.03. The van der Waals surface area contributed by atoms with E-state index in [4.69, 9.17) is 5.26 Å². The Bertz CT molecular complexity index is 486. The van der Waals surface area contributed by atoms with E-state index >= 15 is 0 Å². The van der Waals surface area contributed by atoms with Crippen molar-refractivity contribution in [2.24, 2.45) is 0 Å². The van der Waals surface area contributed by atoms with Crippen LogP contribution in [-0.2, 0) is 4.79 Å². The third kappa shape index (κ3) is 3.70. The molecule has 1 saturated carbocycles. The van der Waals surface area contributed by atoms with Crippen LogP contribution in [0.4, 0.5) is 5.69 Å². The van der Waals surface area contributed by atoms with E-state index < -0.39 is 5.60 Å². The topological polar surface area (TPSA) is 85.2 Å². The number of amides is 1. The summed E-state index contributed by atoms with van der Waals surface area (Å²) in [6, 6.07) is 8.93. The van der Waals surface area contributed by atoms with Gasteiger partial charge in [0.1, 0.15) is 0 Å². The van der Waals surface area contributed by atoms with Crippen LogP contribution >= 0.6 is 0 Å². The minimum atomic E-state index is -0.690. The average molecular weight is 259 g/mol. The highest BCUT2D eigenvalue weighted by Gasteiger charge is 2.34. The lowest BCUT2D eigenvalue weighted by atomic mass is 9.80. The maximum atomic E-state index is 11.6. The van der Waals surface area contributed by atoms with E-state index in [-0.39, 0.29) is 12.5 Å². The largest absolute Gasteiger partial charge is 0.388 e. The van der Waals surface area contributed by atoms with Crippen molar-refractivity contribution in [3.05, 3.63) is 29.8 Å². The first-order valence-electron chi connectivity index (χ1n) is 6.34. The molecule has 0 atom stereocenters. The molecule has 19 heavy (non-hydrogen) atoms. The molecule has 1 aliphatic rings. The Morgan fingerprint density at radius 3 is 2.58 bits per heavy atom. The maximum absolute atomic E-state index is 11.6. The highest BCUT2D eigenvalue weighted by Crippen LogP contribution is 2.30. The zero-order valence-electron chi connectivity index (χ0n) is 10.6. The molecular weight excluding hydrogens is 242 g/mol. The lowest BCUT2D eigenvalue weighted by Gasteiger charge is -2.36. The number of hydrogen-bond donors (Lipinski definition) is 3. The van der Waals surface area contributed by atoms with Gasteiger partial charge in [0.05, 0.1) is 23.8 Å². The summed E-state index contributed by atoms with van der Waals surface area (Å²) in [6.07, 6.45) is 2.54. The molecule has 0 aliphatic heterocycles. The van der Waals surface area contributed by atoms with Gasteiger partial charge in [0.2, 0.25) is 5.91 Å². The number of nitriles is 1. The first-order chi connectivity index (χ1) is 9.11. The van der Waals surface area contributed by atoms with Gasteiger partial charge in [0.25, 0.3) is 0 Å². The van der Waals surface area contributed by atoms with Crippen LogP contribution in [0.15, 0.2) is 24.3 Å². The number of hydrogen-bond acceptors (Lipinski definition) is 4. The van der Waals surface area contributed by atoms with Gasteiger partial charge in [-0.3, -0.25) is 4.79 Å².